The first-order chi connectivity index (χ1) is 5.25. The largest absolute Gasteiger partial charge is 0.387 e. The fourth-order valence-electron chi connectivity index (χ4n) is 1.85. The molecule has 1 aliphatic carbocycles. The molecular formula is C9H14Br2O. The monoisotopic (exact) mass is 296 g/mol. The van der Waals surface area contributed by atoms with Gasteiger partial charge in [0.25, 0.3) is 0 Å². The summed E-state index contributed by atoms with van der Waals surface area (Å²) in [6.45, 7) is 6.10. The summed E-state index contributed by atoms with van der Waals surface area (Å²) in [4.78, 5) is 0. The lowest BCUT2D eigenvalue weighted by Gasteiger charge is -2.39. The lowest BCUT2D eigenvalue weighted by molar-refractivity contribution is 0.156. The van der Waals surface area contributed by atoms with Crippen molar-refractivity contribution in [3.05, 3.63) is 11.6 Å². The fourth-order valence-corrected chi connectivity index (χ4v) is 4.12. The second-order valence-corrected chi connectivity index (χ2v) is 7.65. The maximum absolute atomic E-state index is 9.80. The predicted molar refractivity (Wildman–Crippen MR) is 59.0 cm³/mol. The van der Waals surface area contributed by atoms with Crippen molar-refractivity contribution in [2.75, 3.05) is 0 Å². The number of aliphatic hydroxyl groups is 1. The molecule has 0 amide bonds. The molecular weight excluding hydrogens is 284 g/mol. The molecule has 1 rings (SSSR count). The van der Waals surface area contributed by atoms with Crippen LogP contribution in [0.2, 0.25) is 0 Å². The van der Waals surface area contributed by atoms with Crippen LogP contribution in [-0.4, -0.2) is 19.9 Å². The molecule has 0 bridgehead atoms. The van der Waals surface area contributed by atoms with Gasteiger partial charge < -0.3 is 5.11 Å². The molecule has 0 aromatic rings. The Labute approximate surface area is 90.5 Å². The Bertz CT molecular complexity index is 219. The Morgan fingerprint density at radius 3 is 2.42 bits per heavy atom. The van der Waals surface area contributed by atoms with Crippen LogP contribution in [0.15, 0.2) is 11.6 Å². The summed E-state index contributed by atoms with van der Waals surface area (Å²) in [6, 6.07) is 0. The Morgan fingerprint density at radius 1 is 1.50 bits per heavy atom. The third kappa shape index (κ3) is 2.12. The molecule has 0 aliphatic heterocycles. The third-order valence-electron chi connectivity index (χ3n) is 2.22. The average Bonchev–Trinajstić information content (AvgIpc) is 1.79. The van der Waals surface area contributed by atoms with E-state index >= 15 is 0 Å². The highest BCUT2D eigenvalue weighted by molar-refractivity contribution is 9.10. The number of hydrogen-bond acceptors (Lipinski definition) is 1. The SMILES string of the molecule is CC1=CC(C)(Br)CC(C)(Br)C1O. The Hall–Kier alpha value is 0.660. The first-order valence-corrected chi connectivity index (χ1v) is 5.58. The minimum Gasteiger partial charge on any atom is -0.387 e. The van der Waals surface area contributed by atoms with Gasteiger partial charge in [-0.3, -0.25) is 0 Å². The van der Waals surface area contributed by atoms with Crippen molar-refractivity contribution >= 4 is 31.9 Å². The number of rotatable bonds is 0. The van der Waals surface area contributed by atoms with Crippen LogP contribution < -0.4 is 0 Å². The van der Waals surface area contributed by atoms with E-state index in [-0.39, 0.29) is 14.8 Å². The quantitative estimate of drug-likeness (QED) is 0.538. The van der Waals surface area contributed by atoms with E-state index in [2.05, 4.69) is 44.9 Å². The van der Waals surface area contributed by atoms with Crippen LogP contribution in [0.1, 0.15) is 27.2 Å². The van der Waals surface area contributed by atoms with Crippen LogP contribution in [0, 0.1) is 0 Å². The second kappa shape index (κ2) is 3.10. The molecule has 3 heteroatoms. The molecule has 0 aromatic heterocycles. The molecule has 0 spiro atoms. The highest BCUT2D eigenvalue weighted by Gasteiger charge is 2.41. The van der Waals surface area contributed by atoms with E-state index in [1.807, 2.05) is 13.8 Å². The van der Waals surface area contributed by atoms with Gasteiger partial charge in [0.05, 0.1) is 10.4 Å². The van der Waals surface area contributed by atoms with Gasteiger partial charge in [-0.15, -0.1) is 0 Å². The van der Waals surface area contributed by atoms with Gasteiger partial charge in [0.2, 0.25) is 0 Å². The number of aliphatic hydroxyl groups excluding tert-OH is 1. The zero-order chi connectivity index (χ0) is 9.57. The van der Waals surface area contributed by atoms with Crippen molar-refractivity contribution < 1.29 is 5.11 Å². The number of allylic oxidation sites excluding steroid dienone is 1. The molecule has 12 heavy (non-hydrogen) atoms. The lowest BCUT2D eigenvalue weighted by Crippen LogP contribution is -2.43. The maximum atomic E-state index is 9.80. The van der Waals surface area contributed by atoms with Gasteiger partial charge in [0.1, 0.15) is 0 Å². The highest BCUT2D eigenvalue weighted by Crippen LogP contribution is 2.43. The molecule has 1 nitrogen and oxygen atoms in total. The molecule has 1 aliphatic rings. The second-order valence-electron chi connectivity index (χ2n) is 4.02. The van der Waals surface area contributed by atoms with Crippen molar-refractivity contribution in [1.82, 2.24) is 0 Å². The molecule has 0 heterocycles. The van der Waals surface area contributed by atoms with E-state index in [0.29, 0.717) is 0 Å². The van der Waals surface area contributed by atoms with Crippen LogP contribution >= 0.6 is 31.9 Å². The summed E-state index contributed by atoms with van der Waals surface area (Å²) < 4.78 is -0.196. The number of alkyl halides is 2. The maximum Gasteiger partial charge on any atom is 0.0898 e. The molecule has 0 fully saturated rings. The van der Waals surface area contributed by atoms with Crippen LogP contribution in [0.3, 0.4) is 0 Å². The fraction of sp³-hybridized carbons (Fsp3) is 0.778. The van der Waals surface area contributed by atoms with Gasteiger partial charge in [0, 0.05) is 4.32 Å². The molecule has 1 N–H and O–H groups in total. The van der Waals surface area contributed by atoms with E-state index in [9.17, 15) is 5.11 Å². The van der Waals surface area contributed by atoms with Crippen LogP contribution in [-0.2, 0) is 0 Å². The summed E-state index contributed by atoms with van der Waals surface area (Å²) >= 11 is 7.17. The van der Waals surface area contributed by atoms with Crippen LogP contribution in [0.4, 0.5) is 0 Å². The van der Waals surface area contributed by atoms with Crippen molar-refractivity contribution in [1.29, 1.82) is 0 Å². The number of halogens is 2. The van der Waals surface area contributed by atoms with E-state index < -0.39 is 0 Å². The molecule has 0 saturated carbocycles. The molecule has 0 radical (unpaired) electrons. The standard InChI is InChI=1S/C9H14Br2O/c1-6-4-8(2,10)5-9(3,11)7(6)12/h4,7,12H,5H2,1-3H3. The topological polar surface area (TPSA) is 20.2 Å². The number of hydrogen-bond donors (Lipinski definition) is 1. The molecule has 3 unspecified atom stereocenters. The van der Waals surface area contributed by atoms with Crippen molar-refractivity contribution in [3.8, 4) is 0 Å². The highest BCUT2D eigenvalue weighted by atomic mass is 79.9. The molecule has 0 aromatic carbocycles. The summed E-state index contributed by atoms with van der Waals surface area (Å²) in [6.07, 6.45) is 2.60. The molecule has 70 valence electrons. The zero-order valence-corrected chi connectivity index (χ0v) is 10.7. The lowest BCUT2D eigenvalue weighted by atomic mass is 9.82. The van der Waals surface area contributed by atoms with Crippen LogP contribution in [0.25, 0.3) is 0 Å². The summed E-state index contributed by atoms with van der Waals surface area (Å²) in [5, 5.41) is 9.80. The third-order valence-corrected chi connectivity index (χ3v) is 3.44. The summed E-state index contributed by atoms with van der Waals surface area (Å²) in [5.41, 5.74) is 1.03. The minimum atomic E-state index is -0.372. The first kappa shape index (κ1) is 10.7. The Balaban J connectivity index is 3.00. The van der Waals surface area contributed by atoms with Gasteiger partial charge in [-0.05, 0) is 32.8 Å². The van der Waals surface area contributed by atoms with Crippen molar-refractivity contribution in [3.63, 3.8) is 0 Å². The summed E-state index contributed by atoms with van der Waals surface area (Å²) in [5.74, 6) is 0. The minimum absolute atomic E-state index is 0.00850. The van der Waals surface area contributed by atoms with Gasteiger partial charge in [-0.1, -0.05) is 37.9 Å². The van der Waals surface area contributed by atoms with E-state index in [1.54, 1.807) is 0 Å². The predicted octanol–water partition coefficient (Wildman–Crippen LogP) is 3.00. The van der Waals surface area contributed by atoms with E-state index in [4.69, 9.17) is 0 Å². The van der Waals surface area contributed by atoms with Crippen LogP contribution in [0.5, 0.6) is 0 Å². The van der Waals surface area contributed by atoms with Gasteiger partial charge in [0.15, 0.2) is 0 Å². The first-order valence-electron chi connectivity index (χ1n) is 4.00. The van der Waals surface area contributed by atoms with Gasteiger partial charge in [-0.2, -0.15) is 0 Å². The normalized spacial score (nSPS) is 48.8. The van der Waals surface area contributed by atoms with Crippen molar-refractivity contribution in [2.45, 2.75) is 41.9 Å². The van der Waals surface area contributed by atoms with Gasteiger partial charge >= 0.3 is 0 Å². The summed E-state index contributed by atoms with van der Waals surface area (Å²) in [7, 11) is 0. The zero-order valence-electron chi connectivity index (χ0n) is 7.56. The van der Waals surface area contributed by atoms with E-state index in [0.717, 1.165) is 12.0 Å². The van der Waals surface area contributed by atoms with Crippen molar-refractivity contribution in [2.24, 2.45) is 0 Å². The Morgan fingerprint density at radius 2 is 2.00 bits per heavy atom. The molecule has 0 saturated heterocycles. The smallest absolute Gasteiger partial charge is 0.0898 e. The Kier molecular flexibility index (Phi) is 2.78. The van der Waals surface area contributed by atoms with E-state index in [1.165, 1.54) is 0 Å². The average molecular weight is 298 g/mol. The van der Waals surface area contributed by atoms with Gasteiger partial charge in [-0.25, -0.2) is 0 Å². The molecule has 3 atom stereocenters.